The van der Waals surface area contributed by atoms with Crippen LogP contribution in [0.3, 0.4) is 0 Å². The van der Waals surface area contributed by atoms with E-state index in [1.54, 1.807) is 12.0 Å². The van der Waals surface area contributed by atoms with Crippen LogP contribution in [0, 0.1) is 5.92 Å². The first kappa shape index (κ1) is 19.7. The van der Waals surface area contributed by atoms with Gasteiger partial charge in [0, 0.05) is 29.5 Å². The molecule has 1 saturated heterocycles. The Bertz CT molecular complexity index is 814. The van der Waals surface area contributed by atoms with Gasteiger partial charge in [-0.3, -0.25) is 4.79 Å². The number of methoxy groups -OCH3 is 1. The normalized spacial score (nSPS) is 29.4. The third-order valence-corrected chi connectivity index (χ3v) is 6.53. The van der Waals surface area contributed by atoms with Crippen molar-refractivity contribution in [3.63, 3.8) is 0 Å². The van der Waals surface area contributed by atoms with Gasteiger partial charge in [-0.1, -0.05) is 15.9 Å². The SMILES string of the molecule is COc1cc(Br)c2c(c1ON)CC1CCC3(C=C1CN(C=O)C2)OCC(C)O3. The Labute approximate surface area is 172 Å². The molecule has 1 spiro atoms. The van der Waals surface area contributed by atoms with E-state index in [1.807, 2.05) is 13.0 Å². The summed E-state index contributed by atoms with van der Waals surface area (Å²) in [6.45, 7) is 3.60. The zero-order valence-electron chi connectivity index (χ0n) is 16.1. The van der Waals surface area contributed by atoms with Gasteiger partial charge in [0.1, 0.15) is 0 Å². The highest BCUT2D eigenvalue weighted by molar-refractivity contribution is 9.10. The van der Waals surface area contributed by atoms with E-state index in [2.05, 4.69) is 22.0 Å². The molecule has 3 aliphatic rings. The summed E-state index contributed by atoms with van der Waals surface area (Å²) in [5.41, 5.74) is 3.11. The summed E-state index contributed by atoms with van der Waals surface area (Å²) in [6.07, 6.45) is 5.47. The van der Waals surface area contributed by atoms with E-state index >= 15 is 0 Å². The van der Waals surface area contributed by atoms with Gasteiger partial charge in [0.15, 0.2) is 17.3 Å². The van der Waals surface area contributed by atoms with Crippen molar-refractivity contribution in [3.8, 4) is 11.5 Å². The molecule has 0 bridgehead atoms. The number of fused-ring (bicyclic) bond motifs is 2. The van der Waals surface area contributed by atoms with Crippen molar-refractivity contribution in [2.24, 2.45) is 11.8 Å². The number of ether oxygens (including phenoxy) is 3. The molecule has 1 aromatic carbocycles. The fourth-order valence-electron chi connectivity index (χ4n) is 4.49. The average molecular weight is 453 g/mol. The standard InChI is InChI=1S/C20H25BrN2O5/c1-12-10-26-20(27-12)4-3-13-5-15-16(9-23(11-24)8-14(13)7-20)17(21)6-18(25-2)19(15)28-22/h6-7,11-13H,3-5,8-10,22H2,1-2H3. The first-order valence-corrected chi connectivity index (χ1v) is 10.3. The average Bonchev–Trinajstić information content (AvgIpc) is 3.03. The number of nitrogens with two attached hydrogens (primary N) is 1. The van der Waals surface area contributed by atoms with Gasteiger partial charge in [-0.05, 0) is 49.0 Å². The highest BCUT2D eigenvalue weighted by Crippen LogP contribution is 2.45. The first-order valence-electron chi connectivity index (χ1n) is 9.46. The Hall–Kier alpha value is -1.61. The molecule has 8 heteroatoms. The molecule has 0 saturated carbocycles. The number of carbonyl (C=O) groups is 1. The second-order valence-electron chi connectivity index (χ2n) is 7.69. The molecule has 4 rings (SSSR count). The lowest BCUT2D eigenvalue weighted by atomic mass is 9.78. The number of hydrogen-bond donors (Lipinski definition) is 1. The van der Waals surface area contributed by atoms with Crippen LogP contribution in [0.4, 0.5) is 0 Å². The van der Waals surface area contributed by atoms with Crippen LogP contribution in [-0.2, 0) is 27.2 Å². The van der Waals surface area contributed by atoms with Gasteiger partial charge < -0.3 is 23.9 Å². The van der Waals surface area contributed by atoms with Gasteiger partial charge in [0.05, 0.1) is 19.8 Å². The van der Waals surface area contributed by atoms with Crippen molar-refractivity contribution < 1.29 is 23.8 Å². The van der Waals surface area contributed by atoms with Gasteiger partial charge in [-0.25, -0.2) is 0 Å². The van der Waals surface area contributed by atoms with E-state index < -0.39 is 5.79 Å². The van der Waals surface area contributed by atoms with E-state index in [0.717, 1.165) is 46.8 Å². The Kier molecular flexibility index (Phi) is 5.39. The number of carbonyl (C=O) groups excluding carboxylic acids is 1. The maximum absolute atomic E-state index is 11.8. The molecule has 3 atom stereocenters. The molecule has 1 aromatic rings. The molecule has 2 N–H and O–H groups in total. The first-order chi connectivity index (χ1) is 13.5. The van der Waals surface area contributed by atoms with Crippen LogP contribution in [0.15, 0.2) is 22.2 Å². The van der Waals surface area contributed by atoms with Crippen LogP contribution >= 0.6 is 15.9 Å². The Morgan fingerprint density at radius 3 is 2.86 bits per heavy atom. The van der Waals surface area contributed by atoms with Gasteiger partial charge in [-0.15, -0.1) is 0 Å². The fraction of sp³-hybridized carbons (Fsp3) is 0.550. The number of nitrogens with zero attached hydrogens (tertiary/aromatic N) is 1. The maximum Gasteiger partial charge on any atom is 0.210 e. The largest absolute Gasteiger partial charge is 0.493 e. The van der Waals surface area contributed by atoms with Crippen molar-refractivity contribution >= 4 is 22.3 Å². The molecular formula is C20H25BrN2O5. The molecule has 2 heterocycles. The zero-order chi connectivity index (χ0) is 19.9. The van der Waals surface area contributed by atoms with Crippen LogP contribution in [0.2, 0.25) is 0 Å². The smallest absolute Gasteiger partial charge is 0.210 e. The van der Waals surface area contributed by atoms with Gasteiger partial charge in [0.25, 0.3) is 0 Å². The summed E-state index contributed by atoms with van der Waals surface area (Å²) in [5.74, 6) is 6.27. The molecule has 2 aliphatic heterocycles. The topological polar surface area (TPSA) is 83.3 Å². The molecule has 1 fully saturated rings. The Balaban J connectivity index is 1.78. The van der Waals surface area contributed by atoms with E-state index in [1.165, 1.54) is 0 Å². The van der Waals surface area contributed by atoms with Crippen molar-refractivity contribution in [2.75, 3.05) is 20.3 Å². The molecule has 3 unspecified atom stereocenters. The molecule has 1 aliphatic carbocycles. The van der Waals surface area contributed by atoms with Crippen LogP contribution in [0.1, 0.15) is 30.9 Å². The summed E-state index contributed by atoms with van der Waals surface area (Å²) in [6, 6.07) is 1.83. The van der Waals surface area contributed by atoms with Crippen molar-refractivity contribution in [1.82, 2.24) is 4.90 Å². The number of rotatable bonds is 3. The second kappa shape index (κ2) is 7.67. The number of amides is 1. The molecule has 152 valence electrons. The molecule has 0 radical (unpaired) electrons. The van der Waals surface area contributed by atoms with Gasteiger partial charge in [0.2, 0.25) is 6.41 Å². The minimum Gasteiger partial charge on any atom is -0.493 e. The minimum absolute atomic E-state index is 0.0716. The van der Waals surface area contributed by atoms with Crippen LogP contribution in [0.5, 0.6) is 11.5 Å². The highest BCUT2D eigenvalue weighted by Gasteiger charge is 2.43. The lowest BCUT2D eigenvalue weighted by Crippen LogP contribution is -2.38. The zero-order valence-corrected chi connectivity index (χ0v) is 17.7. The van der Waals surface area contributed by atoms with E-state index in [4.69, 9.17) is 24.9 Å². The van der Waals surface area contributed by atoms with Crippen LogP contribution in [-0.4, -0.2) is 43.5 Å². The number of hydrogen-bond acceptors (Lipinski definition) is 6. The number of halogens is 1. The summed E-state index contributed by atoms with van der Waals surface area (Å²) < 4.78 is 18.4. The third kappa shape index (κ3) is 3.43. The molecular weight excluding hydrogens is 428 g/mol. The molecule has 1 amide bonds. The Morgan fingerprint density at radius 1 is 1.39 bits per heavy atom. The van der Waals surface area contributed by atoms with Gasteiger partial charge >= 0.3 is 0 Å². The minimum atomic E-state index is -0.663. The Morgan fingerprint density at radius 2 is 2.21 bits per heavy atom. The summed E-state index contributed by atoms with van der Waals surface area (Å²) >= 11 is 3.62. The summed E-state index contributed by atoms with van der Waals surface area (Å²) in [7, 11) is 1.59. The predicted octanol–water partition coefficient (Wildman–Crippen LogP) is 2.69. The predicted molar refractivity (Wildman–Crippen MR) is 106 cm³/mol. The lowest BCUT2D eigenvalue weighted by Gasteiger charge is -2.38. The van der Waals surface area contributed by atoms with Crippen LogP contribution < -0.4 is 15.5 Å². The van der Waals surface area contributed by atoms with Crippen molar-refractivity contribution in [3.05, 3.63) is 33.3 Å². The lowest BCUT2D eigenvalue weighted by molar-refractivity contribution is -0.139. The van der Waals surface area contributed by atoms with E-state index in [0.29, 0.717) is 31.2 Å². The third-order valence-electron chi connectivity index (χ3n) is 5.83. The molecule has 7 nitrogen and oxygen atoms in total. The molecule has 28 heavy (non-hydrogen) atoms. The second-order valence-corrected chi connectivity index (χ2v) is 8.54. The van der Waals surface area contributed by atoms with Crippen molar-refractivity contribution in [1.29, 1.82) is 0 Å². The van der Waals surface area contributed by atoms with E-state index in [-0.39, 0.29) is 12.0 Å². The quantitative estimate of drug-likeness (QED) is 0.431. The van der Waals surface area contributed by atoms with E-state index in [9.17, 15) is 4.79 Å². The monoisotopic (exact) mass is 452 g/mol. The van der Waals surface area contributed by atoms with Gasteiger partial charge in [-0.2, -0.15) is 5.90 Å². The summed E-state index contributed by atoms with van der Waals surface area (Å²) in [5, 5.41) is 0. The molecule has 0 aromatic heterocycles. The van der Waals surface area contributed by atoms with Crippen LogP contribution in [0.25, 0.3) is 0 Å². The maximum atomic E-state index is 11.8. The summed E-state index contributed by atoms with van der Waals surface area (Å²) in [4.78, 5) is 18.8. The fourth-order valence-corrected chi connectivity index (χ4v) is 5.07. The van der Waals surface area contributed by atoms with Crippen molar-refractivity contribution in [2.45, 2.75) is 44.6 Å². The number of benzene rings is 1. The highest BCUT2D eigenvalue weighted by atomic mass is 79.9.